The Labute approximate surface area is 233 Å². The molecule has 4 heterocycles. The minimum Gasteiger partial charge on any atom is -0.348 e. The molecule has 7 nitrogen and oxygen atoms in total. The van der Waals surface area contributed by atoms with Crippen molar-refractivity contribution >= 4 is 23.0 Å². The molecule has 1 aliphatic carbocycles. The summed E-state index contributed by atoms with van der Waals surface area (Å²) in [4.78, 5) is 29.4. The molecule has 2 aliphatic heterocycles. The molecule has 1 N–H and O–H groups in total. The number of amides is 1. The van der Waals surface area contributed by atoms with Gasteiger partial charge in [-0.25, -0.2) is 8.78 Å². The molecule has 2 aromatic heterocycles. The molecule has 2 bridgehead atoms. The number of thiophene rings is 1. The number of Topliss-reactive ketones (excluding diaryl/α,β-unsaturated/α-hetero) is 1. The zero-order chi connectivity index (χ0) is 27.9. The number of carbonyl (C=O) groups is 2. The maximum Gasteiger partial charge on any atom is 0.248 e. The van der Waals surface area contributed by atoms with E-state index in [2.05, 4.69) is 38.8 Å². The van der Waals surface area contributed by atoms with Crippen LogP contribution in [0, 0.1) is 12.8 Å². The summed E-state index contributed by atoms with van der Waals surface area (Å²) >= 11 is 1.43. The largest absolute Gasteiger partial charge is 0.348 e. The van der Waals surface area contributed by atoms with Crippen LogP contribution < -0.4 is 5.32 Å². The van der Waals surface area contributed by atoms with Gasteiger partial charge in [-0.05, 0) is 70.9 Å². The molecule has 39 heavy (non-hydrogen) atoms. The highest BCUT2D eigenvalue weighted by atomic mass is 32.1. The standard InChI is InChI=1S/C29H41F2N5O2S/c1-17(2)27-34-33-19(4)36(27)23-15-21-5-6-22(16-23)35(21)14-11-24(26-8-7-25(39-26)18(3)37)32-28(38)20-9-12-29(30,31)13-10-20/h7-8,17,20-24H,5-6,9-16H2,1-4H3,(H,32,38)/t21-,22+,23-,24-/m0/s1. The van der Waals surface area contributed by atoms with Crippen molar-refractivity contribution in [2.45, 2.75) is 121 Å². The lowest BCUT2D eigenvalue weighted by molar-refractivity contribution is -0.130. The first kappa shape index (κ1) is 28.3. The summed E-state index contributed by atoms with van der Waals surface area (Å²) < 4.78 is 29.7. The summed E-state index contributed by atoms with van der Waals surface area (Å²) in [7, 11) is 0. The van der Waals surface area contributed by atoms with Crippen LogP contribution in [0.4, 0.5) is 8.78 Å². The third-order valence-corrected chi connectivity index (χ3v) is 10.3. The zero-order valence-corrected chi connectivity index (χ0v) is 24.3. The van der Waals surface area contributed by atoms with Crippen molar-refractivity contribution < 1.29 is 18.4 Å². The number of hydrogen-bond donors (Lipinski definition) is 1. The van der Waals surface area contributed by atoms with Crippen molar-refractivity contribution in [2.24, 2.45) is 5.92 Å². The first-order valence-electron chi connectivity index (χ1n) is 14.5. The summed E-state index contributed by atoms with van der Waals surface area (Å²) in [6.07, 6.45) is 5.16. The van der Waals surface area contributed by atoms with Gasteiger partial charge < -0.3 is 9.88 Å². The number of nitrogens with one attached hydrogen (secondary N) is 1. The van der Waals surface area contributed by atoms with Gasteiger partial charge in [0.05, 0.1) is 10.9 Å². The highest BCUT2D eigenvalue weighted by Crippen LogP contribution is 2.43. The number of nitrogens with zero attached hydrogens (tertiary/aromatic N) is 4. The highest BCUT2D eigenvalue weighted by Gasteiger charge is 2.43. The first-order valence-corrected chi connectivity index (χ1v) is 15.3. The second-order valence-corrected chi connectivity index (χ2v) is 13.2. The topological polar surface area (TPSA) is 80.1 Å². The van der Waals surface area contributed by atoms with E-state index in [1.54, 1.807) is 6.92 Å². The third kappa shape index (κ3) is 6.11. The SMILES string of the molecule is CC(=O)c1ccc([C@H](CCN2[C@@H]3CC[C@H]2C[C@H](n2c(C)nnc2C(C)C)C3)NC(=O)C2CCC(F)(F)CC2)s1. The lowest BCUT2D eigenvalue weighted by Gasteiger charge is -2.40. The van der Waals surface area contributed by atoms with Crippen LogP contribution in [-0.4, -0.2) is 55.9 Å². The maximum absolute atomic E-state index is 13.7. The molecule has 10 heteroatoms. The molecule has 2 aromatic rings. The summed E-state index contributed by atoms with van der Waals surface area (Å²) in [5, 5.41) is 12.0. The number of hydrogen-bond acceptors (Lipinski definition) is 6. The normalized spacial score (nSPS) is 26.2. The number of carbonyl (C=O) groups excluding carboxylic acids is 2. The van der Waals surface area contributed by atoms with E-state index in [9.17, 15) is 18.4 Å². The van der Waals surface area contributed by atoms with Crippen LogP contribution in [0.25, 0.3) is 0 Å². The van der Waals surface area contributed by atoms with Gasteiger partial charge >= 0.3 is 0 Å². The lowest BCUT2D eigenvalue weighted by Crippen LogP contribution is -2.45. The van der Waals surface area contributed by atoms with Crippen LogP contribution in [0.15, 0.2) is 12.1 Å². The minimum absolute atomic E-state index is 0.0102. The predicted octanol–water partition coefficient (Wildman–Crippen LogP) is 6.22. The molecule has 5 rings (SSSR count). The number of fused-ring (bicyclic) bond motifs is 2. The molecule has 2 saturated heterocycles. The molecule has 0 unspecified atom stereocenters. The van der Waals surface area contributed by atoms with E-state index in [1.807, 2.05) is 19.1 Å². The fraction of sp³-hybridized carbons (Fsp3) is 0.724. The molecule has 0 radical (unpaired) electrons. The summed E-state index contributed by atoms with van der Waals surface area (Å²) in [6, 6.07) is 4.88. The van der Waals surface area contributed by atoms with E-state index < -0.39 is 5.92 Å². The molecule has 214 valence electrons. The van der Waals surface area contributed by atoms with Crippen LogP contribution in [0.1, 0.15) is 123 Å². The Morgan fingerprint density at radius 1 is 1.08 bits per heavy atom. The van der Waals surface area contributed by atoms with Crippen LogP contribution in [-0.2, 0) is 4.79 Å². The van der Waals surface area contributed by atoms with Gasteiger partial charge in [0.2, 0.25) is 11.8 Å². The van der Waals surface area contributed by atoms with Gasteiger partial charge in [-0.3, -0.25) is 14.5 Å². The second-order valence-electron chi connectivity index (χ2n) is 12.1. The van der Waals surface area contributed by atoms with Crippen molar-refractivity contribution in [3.05, 3.63) is 33.5 Å². The van der Waals surface area contributed by atoms with Crippen molar-refractivity contribution in [3.63, 3.8) is 0 Å². The molecule has 0 spiro atoms. The summed E-state index contributed by atoms with van der Waals surface area (Å²) in [5.74, 6) is -0.796. The molecule has 1 amide bonds. The van der Waals surface area contributed by atoms with E-state index in [1.165, 1.54) is 24.2 Å². The number of halogens is 2. The Balaban J connectivity index is 1.27. The first-order chi connectivity index (χ1) is 18.5. The van der Waals surface area contributed by atoms with E-state index in [-0.39, 0.29) is 49.3 Å². The predicted molar refractivity (Wildman–Crippen MR) is 147 cm³/mol. The quantitative estimate of drug-likeness (QED) is 0.368. The van der Waals surface area contributed by atoms with Crippen molar-refractivity contribution in [3.8, 4) is 0 Å². The van der Waals surface area contributed by atoms with Crippen molar-refractivity contribution in [2.75, 3.05) is 6.54 Å². The Morgan fingerprint density at radius 2 is 1.74 bits per heavy atom. The van der Waals surface area contributed by atoms with Gasteiger partial charge in [0.25, 0.3) is 0 Å². The Bertz CT molecular complexity index is 1170. The van der Waals surface area contributed by atoms with Crippen molar-refractivity contribution in [1.29, 1.82) is 0 Å². The summed E-state index contributed by atoms with van der Waals surface area (Å²) in [5.41, 5.74) is 0. The summed E-state index contributed by atoms with van der Waals surface area (Å²) in [6.45, 7) is 8.78. The minimum atomic E-state index is -2.66. The smallest absolute Gasteiger partial charge is 0.248 e. The lowest BCUT2D eigenvalue weighted by atomic mass is 9.86. The van der Waals surface area contributed by atoms with Gasteiger partial charge in [-0.2, -0.15) is 0 Å². The maximum atomic E-state index is 13.7. The molecule has 3 aliphatic rings. The van der Waals surface area contributed by atoms with E-state index in [4.69, 9.17) is 0 Å². The zero-order valence-electron chi connectivity index (χ0n) is 23.5. The molecular weight excluding hydrogens is 520 g/mol. The molecule has 3 fully saturated rings. The van der Waals surface area contributed by atoms with Gasteiger partial charge in [0.15, 0.2) is 5.78 Å². The average molecular weight is 562 g/mol. The fourth-order valence-corrected chi connectivity index (χ4v) is 7.93. The number of alkyl halides is 2. The number of rotatable bonds is 9. The van der Waals surface area contributed by atoms with Crippen molar-refractivity contribution in [1.82, 2.24) is 25.0 Å². The van der Waals surface area contributed by atoms with Crippen LogP contribution in [0.3, 0.4) is 0 Å². The van der Waals surface area contributed by atoms with E-state index in [0.29, 0.717) is 28.9 Å². The van der Waals surface area contributed by atoms with Crippen LogP contribution in [0.2, 0.25) is 0 Å². The van der Waals surface area contributed by atoms with Gasteiger partial charge in [-0.15, -0.1) is 21.5 Å². The van der Waals surface area contributed by atoms with E-state index in [0.717, 1.165) is 42.3 Å². The molecule has 1 saturated carbocycles. The van der Waals surface area contributed by atoms with Crippen LogP contribution in [0.5, 0.6) is 0 Å². The van der Waals surface area contributed by atoms with Gasteiger partial charge in [-0.1, -0.05) is 13.8 Å². The molecule has 4 atom stereocenters. The molecule has 0 aromatic carbocycles. The Hall–Kier alpha value is -2.20. The Kier molecular flexibility index (Phi) is 8.25. The average Bonchev–Trinajstić information content (AvgIpc) is 3.58. The Morgan fingerprint density at radius 3 is 2.33 bits per heavy atom. The highest BCUT2D eigenvalue weighted by molar-refractivity contribution is 7.14. The third-order valence-electron chi connectivity index (χ3n) is 9.03. The van der Waals surface area contributed by atoms with Gasteiger partial charge in [0.1, 0.15) is 11.6 Å². The number of piperidine rings is 1. The fourth-order valence-electron chi connectivity index (χ4n) is 6.94. The number of ketones is 1. The van der Waals surface area contributed by atoms with Crippen LogP contribution >= 0.6 is 11.3 Å². The molecular formula is C29H41F2N5O2S. The van der Waals surface area contributed by atoms with Gasteiger partial charge in [0, 0.05) is 54.2 Å². The number of aryl methyl sites for hydroxylation is 1. The van der Waals surface area contributed by atoms with E-state index >= 15 is 0 Å². The second kappa shape index (κ2) is 11.4. The number of aromatic nitrogens is 3. The monoisotopic (exact) mass is 561 g/mol.